The van der Waals surface area contributed by atoms with Crippen LogP contribution in [0, 0.1) is 5.92 Å². The molecule has 1 unspecified atom stereocenters. The molecule has 6 heteroatoms. The SMILES string of the molecule is CC(CCN)CCc1nc2ncnc(N)c2[nH]1. The molecular formula is C11H18N6. The van der Waals surface area contributed by atoms with Crippen molar-refractivity contribution >= 4 is 17.0 Å². The quantitative estimate of drug-likeness (QED) is 0.711. The van der Waals surface area contributed by atoms with Gasteiger partial charge in [-0.25, -0.2) is 15.0 Å². The van der Waals surface area contributed by atoms with Crippen LogP contribution in [0.3, 0.4) is 0 Å². The molecule has 0 amide bonds. The van der Waals surface area contributed by atoms with Crippen molar-refractivity contribution in [2.45, 2.75) is 26.2 Å². The van der Waals surface area contributed by atoms with Gasteiger partial charge in [-0.2, -0.15) is 0 Å². The van der Waals surface area contributed by atoms with E-state index in [0.717, 1.165) is 37.1 Å². The van der Waals surface area contributed by atoms with Gasteiger partial charge in [-0.15, -0.1) is 0 Å². The van der Waals surface area contributed by atoms with Gasteiger partial charge in [0, 0.05) is 6.42 Å². The molecular weight excluding hydrogens is 216 g/mol. The summed E-state index contributed by atoms with van der Waals surface area (Å²) in [5.41, 5.74) is 12.6. The summed E-state index contributed by atoms with van der Waals surface area (Å²) in [7, 11) is 0. The maximum Gasteiger partial charge on any atom is 0.183 e. The Bertz CT molecular complexity index is 492. The normalized spacial score (nSPS) is 13.1. The Kier molecular flexibility index (Phi) is 3.53. The minimum atomic E-state index is 0.448. The Morgan fingerprint density at radius 3 is 2.88 bits per heavy atom. The van der Waals surface area contributed by atoms with Gasteiger partial charge >= 0.3 is 0 Å². The van der Waals surface area contributed by atoms with Crippen molar-refractivity contribution in [3.8, 4) is 0 Å². The third kappa shape index (κ3) is 2.71. The molecule has 6 nitrogen and oxygen atoms in total. The third-order valence-corrected chi connectivity index (χ3v) is 2.90. The summed E-state index contributed by atoms with van der Waals surface area (Å²) in [5, 5.41) is 0. The predicted molar refractivity (Wildman–Crippen MR) is 67.3 cm³/mol. The summed E-state index contributed by atoms with van der Waals surface area (Å²) < 4.78 is 0. The number of H-pyrrole nitrogens is 1. The van der Waals surface area contributed by atoms with Crippen LogP contribution in [0.1, 0.15) is 25.6 Å². The van der Waals surface area contributed by atoms with Gasteiger partial charge < -0.3 is 16.5 Å². The zero-order valence-electron chi connectivity index (χ0n) is 9.98. The highest BCUT2D eigenvalue weighted by atomic mass is 15.0. The number of hydrogen-bond acceptors (Lipinski definition) is 5. The van der Waals surface area contributed by atoms with Crippen molar-refractivity contribution in [1.29, 1.82) is 0 Å². The first-order valence-electron chi connectivity index (χ1n) is 5.86. The van der Waals surface area contributed by atoms with Crippen molar-refractivity contribution in [2.75, 3.05) is 12.3 Å². The number of aromatic amines is 1. The molecule has 17 heavy (non-hydrogen) atoms. The molecule has 0 bridgehead atoms. The maximum atomic E-state index is 5.73. The molecule has 5 N–H and O–H groups in total. The zero-order chi connectivity index (χ0) is 12.3. The van der Waals surface area contributed by atoms with E-state index in [1.165, 1.54) is 6.33 Å². The van der Waals surface area contributed by atoms with Gasteiger partial charge in [0.05, 0.1) is 0 Å². The second kappa shape index (κ2) is 5.09. The molecule has 0 aliphatic carbocycles. The zero-order valence-corrected chi connectivity index (χ0v) is 9.98. The van der Waals surface area contributed by atoms with Gasteiger partial charge in [0.1, 0.15) is 17.7 Å². The molecule has 2 heterocycles. The van der Waals surface area contributed by atoms with E-state index in [2.05, 4.69) is 26.9 Å². The molecule has 0 radical (unpaired) electrons. The van der Waals surface area contributed by atoms with Gasteiger partial charge in [0.2, 0.25) is 0 Å². The van der Waals surface area contributed by atoms with E-state index in [4.69, 9.17) is 11.5 Å². The van der Waals surface area contributed by atoms with Gasteiger partial charge in [0.15, 0.2) is 11.5 Å². The highest BCUT2D eigenvalue weighted by Crippen LogP contribution is 2.16. The smallest absolute Gasteiger partial charge is 0.183 e. The van der Waals surface area contributed by atoms with Gasteiger partial charge in [-0.05, 0) is 25.3 Å². The minimum Gasteiger partial charge on any atom is -0.382 e. The summed E-state index contributed by atoms with van der Waals surface area (Å²) in [4.78, 5) is 15.6. The predicted octanol–water partition coefficient (Wildman–Crippen LogP) is 0.853. The van der Waals surface area contributed by atoms with E-state index in [1.807, 2.05) is 0 Å². The Balaban J connectivity index is 2.07. The molecule has 0 aromatic carbocycles. The highest BCUT2D eigenvalue weighted by Gasteiger charge is 2.08. The van der Waals surface area contributed by atoms with E-state index < -0.39 is 0 Å². The molecule has 2 aromatic heterocycles. The summed E-state index contributed by atoms with van der Waals surface area (Å²) in [6, 6.07) is 0. The van der Waals surface area contributed by atoms with Gasteiger partial charge in [-0.1, -0.05) is 6.92 Å². The molecule has 0 aliphatic rings. The first-order chi connectivity index (χ1) is 8.20. The number of fused-ring (bicyclic) bond motifs is 1. The number of imidazole rings is 1. The Hall–Kier alpha value is -1.69. The summed E-state index contributed by atoms with van der Waals surface area (Å²) >= 11 is 0. The lowest BCUT2D eigenvalue weighted by molar-refractivity contribution is 0.495. The second-order valence-electron chi connectivity index (χ2n) is 4.36. The van der Waals surface area contributed by atoms with Crippen molar-refractivity contribution in [3.63, 3.8) is 0 Å². The minimum absolute atomic E-state index is 0.448. The number of hydrogen-bond donors (Lipinski definition) is 3. The maximum absolute atomic E-state index is 5.73. The largest absolute Gasteiger partial charge is 0.382 e. The topological polar surface area (TPSA) is 106 Å². The van der Waals surface area contributed by atoms with Crippen LogP contribution in [0.2, 0.25) is 0 Å². The van der Waals surface area contributed by atoms with E-state index in [-0.39, 0.29) is 0 Å². The van der Waals surface area contributed by atoms with E-state index in [0.29, 0.717) is 17.4 Å². The molecule has 2 rings (SSSR count). The molecule has 0 saturated carbocycles. The molecule has 1 atom stereocenters. The van der Waals surface area contributed by atoms with Crippen molar-refractivity contribution in [3.05, 3.63) is 12.2 Å². The van der Waals surface area contributed by atoms with Crippen LogP contribution in [-0.2, 0) is 6.42 Å². The highest BCUT2D eigenvalue weighted by molar-refractivity contribution is 5.80. The molecule has 0 fully saturated rings. The summed E-state index contributed by atoms with van der Waals surface area (Å²) in [6.45, 7) is 2.93. The van der Waals surface area contributed by atoms with Crippen LogP contribution in [0.25, 0.3) is 11.2 Å². The number of nitrogen functional groups attached to an aromatic ring is 1. The number of aromatic nitrogens is 4. The van der Waals surface area contributed by atoms with Gasteiger partial charge in [-0.3, -0.25) is 0 Å². The Morgan fingerprint density at radius 1 is 1.35 bits per heavy atom. The number of nitrogens with two attached hydrogens (primary N) is 2. The average Bonchev–Trinajstić information content (AvgIpc) is 2.71. The number of anilines is 1. The van der Waals surface area contributed by atoms with E-state index in [9.17, 15) is 0 Å². The van der Waals surface area contributed by atoms with Crippen LogP contribution in [-0.4, -0.2) is 26.5 Å². The van der Waals surface area contributed by atoms with Crippen LogP contribution in [0.4, 0.5) is 5.82 Å². The van der Waals surface area contributed by atoms with E-state index in [1.54, 1.807) is 0 Å². The number of rotatable bonds is 5. The van der Waals surface area contributed by atoms with Crippen molar-refractivity contribution in [1.82, 2.24) is 19.9 Å². The first kappa shape index (κ1) is 11.8. The fourth-order valence-electron chi connectivity index (χ4n) is 1.82. The number of nitrogens with zero attached hydrogens (tertiary/aromatic N) is 3. The third-order valence-electron chi connectivity index (χ3n) is 2.90. The Morgan fingerprint density at radius 2 is 2.18 bits per heavy atom. The molecule has 0 spiro atoms. The Labute approximate surface area is 99.9 Å². The molecule has 0 saturated heterocycles. The number of nitrogens with one attached hydrogen (secondary N) is 1. The summed E-state index contributed by atoms with van der Waals surface area (Å²) in [6.07, 6.45) is 4.42. The van der Waals surface area contributed by atoms with Crippen LogP contribution in [0.5, 0.6) is 0 Å². The lowest BCUT2D eigenvalue weighted by Gasteiger charge is -2.07. The van der Waals surface area contributed by atoms with Crippen LogP contribution >= 0.6 is 0 Å². The average molecular weight is 234 g/mol. The standard InChI is InChI=1S/C11H18N6/c1-7(4-5-12)2-3-8-16-9-10(13)14-6-15-11(9)17-8/h6-7H,2-5,12H2,1H3,(H3,13,14,15,16,17). The fourth-order valence-corrected chi connectivity index (χ4v) is 1.82. The second-order valence-corrected chi connectivity index (χ2v) is 4.36. The van der Waals surface area contributed by atoms with Crippen molar-refractivity contribution in [2.24, 2.45) is 11.7 Å². The van der Waals surface area contributed by atoms with E-state index >= 15 is 0 Å². The molecule has 92 valence electrons. The van der Waals surface area contributed by atoms with Crippen LogP contribution in [0.15, 0.2) is 6.33 Å². The lowest BCUT2D eigenvalue weighted by Crippen LogP contribution is -2.06. The first-order valence-corrected chi connectivity index (χ1v) is 5.86. The molecule has 0 aliphatic heterocycles. The fraction of sp³-hybridized carbons (Fsp3) is 0.545. The monoisotopic (exact) mass is 234 g/mol. The van der Waals surface area contributed by atoms with Crippen molar-refractivity contribution < 1.29 is 0 Å². The van der Waals surface area contributed by atoms with Gasteiger partial charge in [0.25, 0.3) is 0 Å². The lowest BCUT2D eigenvalue weighted by atomic mass is 10.0. The molecule has 2 aromatic rings. The van der Waals surface area contributed by atoms with Crippen LogP contribution < -0.4 is 11.5 Å². The number of aryl methyl sites for hydroxylation is 1. The summed E-state index contributed by atoms with van der Waals surface area (Å²) in [5.74, 6) is 1.97.